The van der Waals surface area contributed by atoms with Gasteiger partial charge in [-0.3, -0.25) is 4.79 Å². The van der Waals surface area contributed by atoms with Crippen LogP contribution in [-0.2, 0) is 14.8 Å². The lowest BCUT2D eigenvalue weighted by atomic mass is 10.2. The zero-order valence-corrected chi connectivity index (χ0v) is 19.8. The van der Waals surface area contributed by atoms with Crippen LogP contribution < -0.4 is 5.32 Å². The van der Waals surface area contributed by atoms with E-state index >= 15 is 0 Å². The molecule has 0 spiro atoms. The zero-order valence-electron chi connectivity index (χ0n) is 17.4. The minimum atomic E-state index is -3.80. The first kappa shape index (κ1) is 22.0. The quantitative estimate of drug-likeness (QED) is 0.400. The van der Waals surface area contributed by atoms with Crippen LogP contribution in [-0.4, -0.2) is 36.2 Å². The lowest BCUT2D eigenvalue weighted by molar-refractivity contribution is -0.119. The Labute approximate surface area is 200 Å². The summed E-state index contributed by atoms with van der Waals surface area (Å²) >= 11 is 7.48. The summed E-state index contributed by atoms with van der Waals surface area (Å²) in [5.74, 6) is -0.341. The van der Waals surface area contributed by atoms with Crippen molar-refractivity contribution in [3.8, 4) is 10.6 Å². The van der Waals surface area contributed by atoms with Gasteiger partial charge in [0.15, 0.2) is 0 Å². The normalized spacial score (nSPS) is 16.8. The van der Waals surface area contributed by atoms with Gasteiger partial charge in [0.1, 0.15) is 11.0 Å². The van der Waals surface area contributed by atoms with Gasteiger partial charge >= 0.3 is 0 Å². The number of anilines is 1. The smallest absolute Gasteiger partial charge is 0.243 e. The molecule has 1 aliphatic rings. The predicted molar refractivity (Wildman–Crippen MR) is 132 cm³/mol. The second kappa shape index (κ2) is 8.87. The molecule has 0 aliphatic carbocycles. The van der Waals surface area contributed by atoms with Gasteiger partial charge in [0.25, 0.3) is 0 Å². The second-order valence-electron chi connectivity index (χ2n) is 7.78. The molecule has 9 heteroatoms. The summed E-state index contributed by atoms with van der Waals surface area (Å²) in [5.41, 5.74) is 2.43. The van der Waals surface area contributed by atoms with Crippen LogP contribution in [0.15, 0.2) is 77.7 Å². The highest BCUT2D eigenvalue weighted by Crippen LogP contribution is 2.32. The van der Waals surface area contributed by atoms with Gasteiger partial charge in [0.2, 0.25) is 15.9 Å². The van der Waals surface area contributed by atoms with Crippen molar-refractivity contribution in [2.75, 3.05) is 11.9 Å². The van der Waals surface area contributed by atoms with Gasteiger partial charge in [0.05, 0.1) is 15.1 Å². The Balaban J connectivity index is 1.37. The van der Waals surface area contributed by atoms with Crippen LogP contribution in [0.2, 0.25) is 5.02 Å². The predicted octanol–water partition coefficient (Wildman–Crippen LogP) is 5.41. The van der Waals surface area contributed by atoms with E-state index in [-0.39, 0.29) is 10.8 Å². The zero-order chi connectivity index (χ0) is 23.0. The lowest BCUT2D eigenvalue weighted by Crippen LogP contribution is -2.43. The fourth-order valence-corrected chi connectivity index (χ4v) is 6.73. The van der Waals surface area contributed by atoms with Crippen molar-refractivity contribution in [2.24, 2.45) is 0 Å². The molecule has 0 unspecified atom stereocenters. The molecule has 0 bridgehead atoms. The van der Waals surface area contributed by atoms with Crippen molar-refractivity contribution in [1.82, 2.24) is 9.29 Å². The summed E-state index contributed by atoms with van der Waals surface area (Å²) < 4.78 is 28.6. The summed E-state index contributed by atoms with van der Waals surface area (Å²) in [7, 11) is -3.80. The van der Waals surface area contributed by atoms with Crippen LogP contribution in [0.3, 0.4) is 0 Å². The molecule has 1 fully saturated rings. The van der Waals surface area contributed by atoms with E-state index in [9.17, 15) is 13.2 Å². The van der Waals surface area contributed by atoms with Crippen molar-refractivity contribution in [2.45, 2.75) is 23.8 Å². The monoisotopic (exact) mass is 497 g/mol. The van der Waals surface area contributed by atoms with Crippen molar-refractivity contribution in [3.63, 3.8) is 0 Å². The number of carbonyl (C=O) groups is 1. The van der Waals surface area contributed by atoms with Gasteiger partial charge < -0.3 is 5.32 Å². The highest BCUT2D eigenvalue weighted by Gasteiger charge is 2.39. The molecule has 3 aromatic carbocycles. The van der Waals surface area contributed by atoms with Gasteiger partial charge in [-0.1, -0.05) is 35.9 Å². The Morgan fingerprint density at radius 3 is 2.64 bits per heavy atom. The van der Waals surface area contributed by atoms with E-state index in [1.165, 1.54) is 28.6 Å². The molecule has 33 heavy (non-hydrogen) atoms. The van der Waals surface area contributed by atoms with E-state index in [2.05, 4.69) is 10.3 Å². The minimum absolute atomic E-state index is 0.129. The minimum Gasteiger partial charge on any atom is -0.325 e. The van der Waals surface area contributed by atoms with Crippen LogP contribution >= 0.6 is 22.9 Å². The third kappa shape index (κ3) is 4.39. The van der Waals surface area contributed by atoms with E-state index in [4.69, 9.17) is 11.6 Å². The van der Waals surface area contributed by atoms with Crippen molar-refractivity contribution in [1.29, 1.82) is 0 Å². The molecule has 6 nitrogen and oxygen atoms in total. The molecule has 1 N–H and O–H groups in total. The Kier molecular flexibility index (Phi) is 5.92. The number of hydrogen-bond donors (Lipinski definition) is 1. The molecular formula is C24H20ClN3O3S2. The fourth-order valence-electron chi connectivity index (χ4n) is 3.98. The number of fused-ring (bicyclic) bond motifs is 1. The topological polar surface area (TPSA) is 79.4 Å². The maximum absolute atomic E-state index is 13.1. The second-order valence-corrected chi connectivity index (χ2v) is 11.1. The average molecular weight is 498 g/mol. The number of amides is 1. The molecule has 1 aromatic heterocycles. The Morgan fingerprint density at radius 1 is 1.06 bits per heavy atom. The molecule has 0 radical (unpaired) electrons. The third-order valence-electron chi connectivity index (χ3n) is 5.60. The van der Waals surface area contributed by atoms with Crippen molar-refractivity contribution in [3.05, 3.63) is 77.8 Å². The first-order valence-corrected chi connectivity index (χ1v) is 13.1. The number of sulfonamides is 1. The Bertz CT molecular complexity index is 1400. The van der Waals surface area contributed by atoms with Crippen LogP contribution in [0.1, 0.15) is 12.8 Å². The molecule has 2 heterocycles. The van der Waals surface area contributed by atoms with Crippen LogP contribution in [0.25, 0.3) is 20.8 Å². The Hall–Kier alpha value is -2.78. The molecule has 4 aromatic rings. The third-order valence-corrected chi connectivity index (χ3v) is 8.86. The molecule has 0 saturated carbocycles. The van der Waals surface area contributed by atoms with E-state index in [0.29, 0.717) is 30.1 Å². The number of thiazole rings is 1. The van der Waals surface area contributed by atoms with Gasteiger partial charge in [-0.25, -0.2) is 13.4 Å². The Morgan fingerprint density at radius 2 is 1.85 bits per heavy atom. The van der Waals surface area contributed by atoms with Gasteiger partial charge in [0, 0.05) is 22.8 Å². The molecule has 1 saturated heterocycles. The summed E-state index contributed by atoms with van der Waals surface area (Å²) in [4.78, 5) is 17.9. The first-order valence-electron chi connectivity index (χ1n) is 10.5. The fraction of sp³-hybridized carbons (Fsp3) is 0.167. The van der Waals surface area contributed by atoms with E-state index in [1.807, 2.05) is 42.5 Å². The number of rotatable bonds is 5. The molecule has 5 rings (SSSR count). The van der Waals surface area contributed by atoms with Crippen LogP contribution in [0.5, 0.6) is 0 Å². The standard InChI is InChI=1S/C24H20ClN3O3S2/c25-17-10-12-19(13-11-17)33(30,31)28-14-4-8-21(28)23(29)26-18-6-3-5-16(15-18)24-27-20-7-1-2-9-22(20)32-24/h1-3,5-7,9-13,15,21H,4,8,14H2,(H,26,29)/t21-/m0/s1. The summed E-state index contributed by atoms with van der Waals surface area (Å²) in [6.07, 6.45) is 1.09. The number of nitrogens with zero attached hydrogens (tertiary/aromatic N) is 2. The summed E-state index contributed by atoms with van der Waals surface area (Å²) in [6, 6.07) is 20.6. The average Bonchev–Trinajstić information content (AvgIpc) is 3.47. The van der Waals surface area contributed by atoms with E-state index in [1.54, 1.807) is 17.4 Å². The number of aromatic nitrogens is 1. The lowest BCUT2D eigenvalue weighted by Gasteiger charge is -2.23. The largest absolute Gasteiger partial charge is 0.325 e. The number of carbonyl (C=O) groups excluding carboxylic acids is 1. The van der Waals surface area contributed by atoms with Crippen molar-refractivity contribution >= 4 is 54.8 Å². The van der Waals surface area contributed by atoms with Gasteiger partial charge in [-0.15, -0.1) is 11.3 Å². The molecule has 1 amide bonds. The number of benzene rings is 3. The van der Waals surface area contributed by atoms with Crippen LogP contribution in [0, 0.1) is 0 Å². The number of nitrogens with one attached hydrogen (secondary N) is 1. The molecule has 1 atom stereocenters. The molecular weight excluding hydrogens is 478 g/mol. The maximum Gasteiger partial charge on any atom is 0.243 e. The number of halogens is 1. The van der Waals surface area contributed by atoms with Crippen molar-refractivity contribution < 1.29 is 13.2 Å². The SMILES string of the molecule is O=C(Nc1cccc(-c2nc3ccccc3s2)c1)[C@@H]1CCCN1S(=O)(=O)c1ccc(Cl)cc1. The summed E-state index contributed by atoms with van der Waals surface area (Å²) in [5, 5.41) is 4.22. The number of para-hydroxylation sites is 1. The maximum atomic E-state index is 13.1. The first-order chi connectivity index (χ1) is 15.9. The highest BCUT2D eigenvalue weighted by molar-refractivity contribution is 7.89. The van der Waals surface area contributed by atoms with Gasteiger partial charge in [-0.05, 0) is 61.4 Å². The summed E-state index contributed by atoms with van der Waals surface area (Å²) in [6.45, 7) is 0.300. The highest BCUT2D eigenvalue weighted by atomic mass is 35.5. The number of hydrogen-bond acceptors (Lipinski definition) is 5. The van der Waals surface area contributed by atoms with Gasteiger partial charge in [-0.2, -0.15) is 4.31 Å². The van der Waals surface area contributed by atoms with E-state index < -0.39 is 16.1 Å². The molecule has 168 valence electrons. The van der Waals surface area contributed by atoms with Crippen LogP contribution in [0.4, 0.5) is 5.69 Å². The van der Waals surface area contributed by atoms with E-state index in [0.717, 1.165) is 20.8 Å². The molecule has 1 aliphatic heterocycles.